The van der Waals surface area contributed by atoms with Gasteiger partial charge in [0.05, 0.1) is 11.5 Å². The number of carboxylic acids is 1. The van der Waals surface area contributed by atoms with Crippen molar-refractivity contribution in [2.24, 2.45) is 0 Å². The standard InChI is InChI=1S/C17H17NO4/c1-2-13(17(21)22)11-7-9-12(10-8-11)18-16(20)14-5-3-4-6-15(14)19/h3-10,13,19H,2H2,1H3,(H,18,20)(H,21,22). The van der Waals surface area contributed by atoms with Gasteiger partial charge in [-0.15, -0.1) is 0 Å². The quantitative estimate of drug-likeness (QED) is 0.791. The number of phenols is 1. The third kappa shape index (κ3) is 3.44. The Labute approximate surface area is 128 Å². The lowest BCUT2D eigenvalue weighted by atomic mass is 9.96. The highest BCUT2D eigenvalue weighted by molar-refractivity contribution is 6.06. The first-order chi connectivity index (χ1) is 10.5. The average Bonchev–Trinajstić information content (AvgIpc) is 2.49. The van der Waals surface area contributed by atoms with Crippen LogP contribution in [0, 0.1) is 0 Å². The molecule has 0 aromatic heterocycles. The topological polar surface area (TPSA) is 86.6 Å². The molecule has 0 aliphatic heterocycles. The van der Waals surface area contributed by atoms with Crippen LogP contribution in [-0.4, -0.2) is 22.1 Å². The number of para-hydroxylation sites is 1. The third-order valence-electron chi connectivity index (χ3n) is 3.43. The molecule has 1 atom stereocenters. The molecule has 0 bridgehead atoms. The van der Waals surface area contributed by atoms with Gasteiger partial charge in [-0.2, -0.15) is 0 Å². The summed E-state index contributed by atoms with van der Waals surface area (Å²) in [5, 5.41) is 21.4. The summed E-state index contributed by atoms with van der Waals surface area (Å²) < 4.78 is 0. The van der Waals surface area contributed by atoms with Crippen molar-refractivity contribution < 1.29 is 19.8 Å². The molecule has 1 unspecified atom stereocenters. The third-order valence-corrected chi connectivity index (χ3v) is 3.43. The van der Waals surface area contributed by atoms with Crippen LogP contribution < -0.4 is 5.32 Å². The van der Waals surface area contributed by atoms with E-state index in [0.717, 1.165) is 0 Å². The van der Waals surface area contributed by atoms with E-state index < -0.39 is 17.8 Å². The zero-order valence-corrected chi connectivity index (χ0v) is 12.1. The minimum Gasteiger partial charge on any atom is -0.507 e. The number of aliphatic carboxylic acids is 1. The van der Waals surface area contributed by atoms with Crippen LogP contribution in [0.2, 0.25) is 0 Å². The lowest BCUT2D eigenvalue weighted by Gasteiger charge is -2.11. The summed E-state index contributed by atoms with van der Waals surface area (Å²) in [5.74, 6) is -1.93. The van der Waals surface area contributed by atoms with Gasteiger partial charge in [0.25, 0.3) is 5.91 Å². The van der Waals surface area contributed by atoms with E-state index in [4.69, 9.17) is 5.11 Å². The normalized spacial score (nSPS) is 11.7. The Morgan fingerprint density at radius 1 is 1.09 bits per heavy atom. The monoisotopic (exact) mass is 299 g/mol. The fraction of sp³-hybridized carbons (Fsp3) is 0.176. The fourth-order valence-corrected chi connectivity index (χ4v) is 2.22. The summed E-state index contributed by atoms with van der Waals surface area (Å²) in [6, 6.07) is 12.9. The molecule has 114 valence electrons. The molecule has 0 saturated carbocycles. The van der Waals surface area contributed by atoms with E-state index in [1.54, 1.807) is 36.4 Å². The van der Waals surface area contributed by atoms with E-state index in [-0.39, 0.29) is 11.3 Å². The number of rotatable bonds is 5. The molecule has 5 nitrogen and oxygen atoms in total. The van der Waals surface area contributed by atoms with Gasteiger partial charge in [-0.05, 0) is 36.2 Å². The van der Waals surface area contributed by atoms with Crippen molar-refractivity contribution in [2.45, 2.75) is 19.3 Å². The zero-order valence-electron chi connectivity index (χ0n) is 12.1. The average molecular weight is 299 g/mol. The first-order valence-electron chi connectivity index (χ1n) is 6.95. The molecule has 0 radical (unpaired) electrons. The smallest absolute Gasteiger partial charge is 0.310 e. The molecule has 0 aliphatic rings. The Bertz CT molecular complexity index is 679. The van der Waals surface area contributed by atoms with Crippen LogP contribution in [0.3, 0.4) is 0 Å². The molecule has 5 heteroatoms. The van der Waals surface area contributed by atoms with Gasteiger partial charge >= 0.3 is 5.97 Å². The maximum atomic E-state index is 12.1. The van der Waals surface area contributed by atoms with Crippen molar-refractivity contribution in [1.82, 2.24) is 0 Å². The minimum atomic E-state index is -0.867. The highest BCUT2D eigenvalue weighted by Gasteiger charge is 2.17. The molecule has 0 saturated heterocycles. The van der Waals surface area contributed by atoms with E-state index in [1.165, 1.54) is 12.1 Å². The molecule has 2 aromatic carbocycles. The molecule has 22 heavy (non-hydrogen) atoms. The lowest BCUT2D eigenvalue weighted by molar-refractivity contribution is -0.138. The number of hydrogen-bond acceptors (Lipinski definition) is 3. The van der Waals surface area contributed by atoms with Gasteiger partial charge in [0.15, 0.2) is 0 Å². The molecule has 1 amide bonds. The first kappa shape index (κ1) is 15.6. The number of benzene rings is 2. The summed E-state index contributed by atoms with van der Waals surface area (Å²) in [6.45, 7) is 1.81. The maximum Gasteiger partial charge on any atom is 0.310 e. The van der Waals surface area contributed by atoms with Gasteiger partial charge < -0.3 is 15.5 Å². The highest BCUT2D eigenvalue weighted by atomic mass is 16.4. The number of hydrogen-bond donors (Lipinski definition) is 3. The van der Waals surface area contributed by atoms with E-state index >= 15 is 0 Å². The number of carboxylic acid groups (broad SMARTS) is 1. The van der Waals surface area contributed by atoms with Crippen molar-refractivity contribution in [1.29, 1.82) is 0 Å². The number of carbonyl (C=O) groups is 2. The second-order valence-electron chi connectivity index (χ2n) is 4.89. The number of amides is 1. The highest BCUT2D eigenvalue weighted by Crippen LogP contribution is 2.23. The second kappa shape index (κ2) is 6.76. The maximum absolute atomic E-state index is 12.1. The molecule has 3 N–H and O–H groups in total. The molecular weight excluding hydrogens is 282 g/mol. The Hall–Kier alpha value is -2.82. The van der Waals surface area contributed by atoms with Crippen molar-refractivity contribution in [3.63, 3.8) is 0 Å². The van der Waals surface area contributed by atoms with Gasteiger partial charge in [-0.25, -0.2) is 0 Å². The number of aromatic hydroxyl groups is 1. The number of phenolic OH excluding ortho intramolecular Hbond substituents is 1. The van der Waals surface area contributed by atoms with E-state index in [2.05, 4.69) is 5.32 Å². The van der Waals surface area contributed by atoms with Crippen molar-refractivity contribution in [3.8, 4) is 5.75 Å². The molecule has 2 rings (SSSR count). The fourth-order valence-electron chi connectivity index (χ4n) is 2.22. The summed E-state index contributed by atoms with van der Waals surface area (Å²) in [7, 11) is 0. The van der Waals surface area contributed by atoms with Crippen LogP contribution in [0.15, 0.2) is 48.5 Å². The lowest BCUT2D eigenvalue weighted by Crippen LogP contribution is -2.13. The van der Waals surface area contributed by atoms with Crippen LogP contribution in [0.25, 0.3) is 0 Å². The summed E-state index contributed by atoms with van der Waals surface area (Å²) in [6.07, 6.45) is 0.499. The summed E-state index contributed by atoms with van der Waals surface area (Å²) in [4.78, 5) is 23.2. The Morgan fingerprint density at radius 2 is 1.73 bits per heavy atom. The van der Waals surface area contributed by atoms with Crippen molar-refractivity contribution in [2.75, 3.05) is 5.32 Å². The molecule has 0 spiro atoms. The van der Waals surface area contributed by atoms with E-state index in [9.17, 15) is 14.7 Å². The summed E-state index contributed by atoms with van der Waals surface area (Å²) >= 11 is 0. The largest absolute Gasteiger partial charge is 0.507 e. The van der Waals surface area contributed by atoms with Crippen LogP contribution in [0.1, 0.15) is 35.2 Å². The summed E-state index contributed by atoms with van der Waals surface area (Å²) in [5.41, 5.74) is 1.41. The van der Waals surface area contributed by atoms with Crippen LogP contribution in [0.4, 0.5) is 5.69 Å². The van der Waals surface area contributed by atoms with Crippen molar-refractivity contribution >= 4 is 17.6 Å². The number of carbonyl (C=O) groups excluding carboxylic acids is 1. The minimum absolute atomic E-state index is 0.0893. The van der Waals surface area contributed by atoms with Gasteiger partial charge in [-0.1, -0.05) is 31.2 Å². The zero-order chi connectivity index (χ0) is 16.1. The van der Waals surface area contributed by atoms with Crippen LogP contribution >= 0.6 is 0 Å². The predicted octanol–water partition coefficient (Wildman–Crippen LogP) is 3.22. The Balaban J connectivity index is 2.13. The predicted molar refractivity (Wildman–Crippen MR) is 83.2 cm³/mol. The molecule has 2 aromatic rings. The Kier molecular flexibility index (Phi) is 4.78. The second-order valence-corrected chi connectivity index (χ2v) is 4.89. The Morgan fingerprint density at radius 3 is 2.27 bits per heavy atom. The van der Waals surface area contributed by atoms with Gasteiger partial charge in [0, 0.05) is 5.69 Å². The molecule has 0 heterocycles. The number of anilines is 1. The number of nitrogens with one attached hydrogen (secondary N) is 1. The first-order valence-corrected chi connectivity index (χ1v) is 6.95. The molecule has 0 aliphatic carbocycles. The molecule has 0 fully saturated rings. The van der Waals surface area contributed by atoms with E-state index in [1.807, 2.05) is 6.92 Å². The molecular formula is C17H17NO4. The van der Waals surface area contributed by atoms with Gasteiger partial charge in [-0.3, -0.25) is 9.59 Å². The van der Waals surface area contributed by atoms with Crippen LogP contribution in [0.5, 0.6) is 5.75 Å². The van der Waals surface area contributed by atoms with E-state index in [0.29, 0.717) is 17.7 Å². The van der Waals surface area contributed by atoms with Crippen LogP contribution in [-0.2, 0) is 4.79 Å². The van der Waals surface area contributed by atoms with Gasteiger partial charge in [0.2, 0.25) is 0 Å². The van der Waals surface area contributed by atoms with Crippen molar-refractivity contribution in [3.05, 3.63) is 59.7 Å². The van der Waals surface area contributed by atoms with Gasteiger partial charge in [0.1, 0.15) is 5.75 Å². The SMILES string of the molecule is CCC(C(=O)O)c1ccc(NC(=O)c2ccccc2O)cc1.